The van der Waals surface area contributed by atoms with Gasteiger partial charge in [0, 0.05) is 17.6 Å². The molecule has 0 radical (unpaired) electrons. The molecule has 0 saturated heterocycles. The molecular formula is C10H18N2O. The summed E-state index contributed by atoms with van der Waals surface area (Å²) in [5, 5.41) is 0. The van der Waals surface area contributed by atoms with Crippen LogP contribution < -0.4 is 11.5 Å². The topological polar surface area (TPSA) is 65.2 Å². The first kappa shape index (κ1) is 10.3. The van der Waals surface area contributed by atoms with Crippen LogP contribution in [-0.2, 0) is 0 Å². The molecule has 0 fully saturated rings. The third kappa shape index (κ3) is 2.32. The molecule has 1 heterocycles. The van der Waals surface area contributed by atoms with Crippen LogP contribution in [0.5, 0.6) is 0 Å². The van der Waals surface area contributed by atoms with Crippen LogP contribution in [0.15, 0.2) is 23.0 Å². The fraction of sp³-hybridized carbons (Fsp3) is 0.600. The highest BCUT2D eigenvalue weighted by Crippen LogP contribution is 2.26. The number of hydrogen-bond acceptors (Lipinski definition) is 3. The summed E-state index contributed by atoms with van der Waals surface area (Å²) in [6, 6.07) is 1.64. The van der Waals surface area contributed by atoms with Crippen LogP contribution in [0.4, 0.5) is 0 Å². The van der Waals surface area contributed by atoms with Crippen molar-refractivity contribution in [1.82, 2.24) is 0 Å². The minimum Gasteiger partial charge on any atom is -0.472 e. The quantitative estimate of drug-likeness (QED) is 0.731. The molecule has 3 heteroatoms. The van der Waals surface area contributed by atoms with Crippen molar-refractivity contribution in [3.63, 3.8) is 0 Å². The lowest BCUT2D eigenvalue weighted by molar-refractivity contribution is 0.282. The Hall–Kier alpha value is -0.800. The predicted octanol–water partition coefficient (Wildman–Crippen LogP) is 1.65. The van der Waals surface area contributed by atoms with Crippen molar-refractivity contribution in [2.24, 2.45) is 16.9 Å². The molecule has 13 heavy (non-hydrogen) atoms. The molecule has 1 aromatic rings. The maximum absolute atomic E-state index is 6.02. The lowest BCUT2D eigenvalue weighted by atomic mass is 9.81. The van der Waals surface area contributed by atoms with Gasteiger partial charge in [-0.3, -0.25) is 0 Å². The first-order valence-corrected chi connectivity index (χ1v) is 4.46. The van der Waals surface area contributed by atoms with Gasteiger partial charge in [0.25, 0.3) is 0 Å². The smallest absolute Gasteiger partial charge is 0.0950 e. The van der Waals surface area contributed by atoms with E-state index in [-0.39, 0.29) is 17.5 Å². The maximum atomic E-state index is 6.02. The molecule has 0 bridgehead atoms. The van der Waals surface area contributed by atoms with E-state index in [9.17, 15) is 0 Å². The highest BCUT2D eigenvalue weighted by Gasteiger charge is 2.27. The molecule has 3 nitrogen and oxygen atoms in total. The number of rotatable bonds is 2. The second-order valence-electron chi connectivity index (χ2n) is 4.47. The van der Waals surface area contributed by atoms with Gasteiger partial charge < -0.3 is 15.9 Å². The Morgan fingerprint density at radius 1 is 1.31 bits per heavy atom. The van der Waals surface area contributed by atoms with Gasteiger partial charge in [0.1, 0.15) is 0 Å². The average Bonchev–Trinajstić information content (AvgIpc) is 2.51. The molecular weight excluding hydrogens is 164 g/mol. The van der Waals surface area contributed by atoms with E-state index in [2.05, 4.69) is 20.8 Å². The van der Waals surface area contributed by atoms with Crippen molar-refractivity contribution in [2.75, 3.05) is 0 Å². The van der Waals surface area contributed by atoms with E-state index in [1.165, 1.54) is 0 Å². The number of hydrogen-bond donors (Lipinski definition) is 2. The minimum atomic E-state index is -0.154. The van der Waals surface area contributed by atoms with Crippen LogP contribution in [0, 0.1) is 5.41 Å². The third-order valence-corrected chi connectivity index (χ3v) is 2.31. The highest BCUT2D eigenvalue weighted by atomic mass is 16.3. The molecule has 0 aromatic carbocycles. The lowest BCUT2D eigenvalue weighted by Gasteiger charge is -2.31. The van der Waals surface area contributed by atoms with Crippen molar-refractivity contribution in [3.8, 4) is 0 Å². The Labute approximate surface area is 79.1 Å². The van der Waals surface area contributed by atoms with E-state index in [1.54, 1.807) is 12.5 Å². The van der Waals surface area contributed by atoms with Gasteiger partial charge in [-0.25, -0.2) is 0 Å². The summed E-state index contributed by atoms with van der Waals surface area (Å²) in [5.74, 6) is 0. The Morgan fingerprint density at radius 3 is 2.31 bits per heavy atom. The van der Waals surface area contributed by atoms with Crippen LogP contribution >= 0.6 is 0 Å². The molecule has 2 atom stereocenters. The molecule has 0 saturated carbocycles. The van der Waals surface area contributed by atoms with Gasteiger partial charge >= 0.3 is 0 Å². The molecule has 0 aliphatic heterocycles. The van der Waals surface area contributed by atoms with Crippen molar-refractivity contribution < 1.29 is 4.42 Å². The Morgan fingerprint density at radius 2 is 1.92 bits per heavy atom. The van der Waals surface area contributed by atoms with Gasteiger partial charge in [0.15, 0.2) is 0 Å². The zero-order valence-electron chi connectivity index (χ0n) is 8.45. The van der Waals surface area contributed by atoms with Crippen molar-refractivity contribution in [1.29, 1.82) is 0 Å². The first-order valence-electron chi connectivity index (χ1n) is 4.46. The van der Waals surface area contributed by atoms with Gasteiger partial charge in [0.05, 0.1) is 12.5 Å². The van der Waals surface area contributed by atoms with E-state index < -0.39 is 0 Å². The largest absolute Gasteiger partial charge is 0.472 e. The average molecular weight is 182 g/mol. The number of furan rings is 1. The van der Waals surface area contributed by atoms with Gasteiger partial charge in [0.2, 0.25) is 0 Å². The molecule has 1 aromatic heterocycles. The summed E-state index contributed by atoms with van der Waals surface area (Å²) in [6.07, 6.45) is 3.26. The molecule has 0 aliphatic carbocycles. The Balaban J connectivity index is 2.74. The molecule has 1 rings (SSSR count). The van der Waals surface area contributed by atoms with Crippen molar-refractivity contribution >= 4 is 0 Å². The zero-order chi connectivity index (χ0) is 10.1. The summed E-state index contributed by atoms with van der Waals surface area (Å²) in [5.41, 5.74) is 13.0. The maximum Gasteiger partial charge on any atom is 0.0950 e. The molecule has 4 N–H and O–H groups in total. The second kappa shape index (κ2) is 3.52. The van der Waals surface area contributed by atoms with Crippen molar-refractivity contribution in [3.05, 3.63) is 24.2 Å². The van der Waals surface area contributed by atoms with Gasteiger partial charge in [-0.1, -0.05) is 20.8 Å². The van der Waals surface area contributed by atoms with Gasteiger partial charge in [-0.05, 0) is 11.5 Å². The second-order valence-corrected chi connectivity index (χ2v) is 4.47. The van der Waals surface area contributed by atoms with Crippen LogP contribution in [0.2, 0.25) is 0 Å². The van der Waals surface area contributed by atoms with Crippen LogP contribution in [-0.4, -0.2) is 6.04 Å². The standard InChI is InChI=1S/C10H18N2O/c1-10(2,3)9(12)8(11)7-4-5-13-6-7/h4-6,8-9H,11-12H2,1-3H3. The highest BCUT2D eigenvalue weighted by molar-refractivity contribution is 5.14. The van der Waals surface area contributed by atoms with Crippen molar-refractivity contribution in [2.45, 2.75) is 32.9 Å². The van der Waals surface area contributed by atoms with Crippen LogP contribution in [0.25, 0.3) is 0 Å². The molecule has 0 amide bonds. The summed E-state index contributed by atoms with van der Waals surface area (Å²) in [6.45, 7) is 6.24. The van der Waals surface area contributed by atoms with E-state index in [1.807, 2.05) is 6.07 Å². The van der Waals surface area contributed by atoms with Gasteiger partial charge in [-0.15, -0.1) is 0 Å². The van der Waals surface area contributed by atoms with E-state index in [0.29, 0.717) is 0 Å². The fourth-order valence-corrected chi connectivity index (χ4v) is 1.21. The summed E-state index contributed by atoms with van der Waals surface area (Å²) >= 11 is 0. The van der Waals surface area contributed by atoms with E-state index in [0.717, 1.165) is 5.56 Å². The van der Waals surface area contributed by atoms with Crippen LogP contribution in [0.3, 0.4) is 0 Å². The molecule has 2 unspecified atom stereocenters. The normalized spacial score (nSPS) is 17.0. The monoisotopic (exact) mass is 182 g/mol. The SMILES string of the molecule is CC(C)(C)C(N)C(N)c1ccoc1. The summed E-state index contributed by atoms with van der Waals surface area (Å²) in [7, 11) is 0. The first-order chi connectivity index (χ1) is 5.93. The Kier molecular flexibility index (Phi) is 2.78. The lowest BCUT2D eigenvalue weighted by Crippen LogP contribution is -2.43. The van der Waals surface area contributed by atoms with E-state index in [4.69, 9.17) is 15.9 Å². The molecule has 0 spiro atoms. The summed E-state index contributed by atoms with van der Waals surface area (Å²) in [4.78, 5) is 0. The molecule has 74 valence electrons. The number of nitrogens with two attached hydrogens (primary N) is 2. The minimum absolute atomic E-state index is 0.0106. The summed E-state index contributed by atoms with van der Waals surface area (Å²) < 4.78 is 4.96. The fourth-order valence-electron chi connectivity index (χ4n) is 1.21. The third-order valence-electron chi connectivity index (χ3n) is 2.31. The molecule has 0 aliphatic rings. The van der Waals surface area contributed by atoms with E-state index >= 15 is 0 Å². The predicted molar refractivity (Wildman–Crippen MR) is 53.1 cm³/mol. The Bertz CT molecular complexity index is 248. The van der Waals surface area contributed by atoms with Gasteiger partial charge in [-0.2, -0.15) is 0 Å². The van der Waals surface area contributed by atoms with Crippen LogP contribution in [0.1, 0.15) is 32.4 Å². The zero-order valence-corrected chi connectivity index (χ0v) is 8.45.